The van der Waals surface area contributed by atoms with Crippen molar-refractivity contribution in [2.24, 2.45) is 0 Å². The maximum Gasteiger partial charge on any atom is 0.224 e. The van der Waals surface area contributed by atoms with Crippen molar-refractivity contribution in [3.05, 3.63) is 58.6 Å². The molecule has 0 atom stereocenters. The maximum atomic E-state index is 12.3. The van der Waals surface area contributed by atoms with Gasteiger partial charge in [-0.15, -0.1) is 0 Å². The van der Waals surface area contributed by atoms with E-state index in [4.69, 9.17) is 11.6 Å². The minimum atomic E-state index is 0.0392. The minimum Gasteiger partial charge on any atom is -0.369 e. The van der Waals surface area contributed by atoms with E-state index in [1.54, 1.807) is 0 Å². The third-order valence-corrected chi connectivity index (χ3v) is 5.47. The molecule has 0 aromatic heterocycles. The van der Waals surface area contributed by atoms with Crippen molar-refractivity contribution in [1.82, 2.24) is 4.90 Å². The van der Waals surface area contributed by atoms with Gasteiger partial charge in [-0.05, 0) is 61.3 Å². The molecule has 2 aromatic carbocycles. The summed E-state index contributed by atoms with van der Waals surface area (Å²) in [6.07, 6.45) is 1.17. The van der Waals surface area contributed by atoms with E-state index in [0.717, 1.165) is 54.6 Å². The van der Waals surface area contributed by atoms with E-state index in [9.17, 15) is 4.79 Å². The molecule has 1 fully saturated rings. The van der Waals surface area contributed by atoms with E-state index in [2.05, 4.69) is 41.1 Å². The van der Waals surface area contributed by atoms with Gasteiger partial charge in [-0.3, -0.25) is 4.79 Å². The van der Waals surface area contributed by atoms with Gasteiger partial charge in [-0.25, -0.2) is 0 Å². The van der Waals surface area contributed by atoms with Crippen LogP contribution in [0.1, 0.15) is 24.5 Å². The Hall–Kier alpha value is -2.04. The molecule has 0 aliphatic carbocycles. The lowest BCUT2D eigenvalue weighted by atomic mass is 10.1. The van der Waals surface area contributed by atoms with Gasteiger partial charge in [-0.2, -0.15) is 0 Å². The van der Waals surface area contributed by atoms with Crippen LogP contribution in [0.15, 0.2) is 42.5 Å². The second-order valence-electron chi connectivity index (χ2n) is 7.10. The van der Waals surface area contributed by atoms with E-state index in [1.165, 1.54) is 5.69 Å². The predicted molar refractivity (Wildman–Crippen MR) is 114 cm³/mol. The van der Waals surface area contributed by atoms with Crippen LogP contribution in [0, 0.1) is 6.92 Å². The number of piperazine rings is 1. The van der Waals surface area contributed by atoms with Crippen molar-refractivity contribution in [3.8, 4) is 0 Å². The maximum absolute atomic E-state index is 12.3. The predicted octanol–water partition coefficient (Wildman–Crippen LogP) is 4.36. The van der Waals surface area contributed by atoms with Gasteiger partial charge in [0.25, 0.3) is 0 Å². The van der Waals surface area contributed by atoms with E-state index in [1.807, 2.05) is 30.3 Å². The summed E-state index contributed by atoms with van der Waals surface area (Å²) in [4.78, 5) is 17.2. The first-order valence-electron chi connectivity index (χ1n) is 9.67. The number of hydrogen-bond acceptors (Lipinski definition) is 3. The number of rotatable bonds is 6. The van der Waals surface area contributed by atoms with Gasteiger partial charge in [0.1, 0.15) is 0 Å². The molecule has 0 unspecified atom stereocenters. The number of halogens is 1. The summed E-state index contributed by atoms with van der Waals surface area (Å²) in [5.41, 5.74) is 4.35. The normalized spacial score (nSPS) is 15.0. The molecule has 2 aromatic rings. The Morgan fingerprint density at radius 1 is 1.07 bits per heavy atom. The van der Waals surface area contributed by atoms with Gasteiger partial charge in [0.2, 0.25) is 5.91 Å². The first kappa shape index (κ1) is 19.7. The first-order chi connectivity index (χ1) is 13.0. The molecule has 4 nitrogen and oxygen atoms in total. The van der Waals surface area contributed by atoms with E-state index in [0.29, 0.717) is 12.8 Å². The van der Waals surface area contributed by atoms with E-state index < -0.39 is 0 Å². The van der Waals surface area contributed by atoms with Gasteiger partial charge in [0.15, 0.2) is 0 Å². The summed E-state index contributed by atoms with van der Waals surface area (Å²) in [5.74, 6) is 0.0392. The Labute approximate surface area is 167 Å². The molecule has 1 aliphatic heterocycles. The van der Waals surface area contributed by atoms with Crippen LogP contribution in [-0.4, -0.2) is 43.5 Å². The van der Waals surface area contributed by atoms with Crippen LogP contribution < -0.4 is 10.2 Å². The number of hydrogen-bond donors (Lipinski definition) is 1. The van der Waals surface area contributed by atoms with Gasteiger partial charge in [0, 0.05) is 49.0 Å². The average molecular weight is 386 g/mol. The number of nitrogens with zero attached hydrogens (tertiary/aromatic N) is 2. The number of carbonyl (C=O) groups is 1. The molecule has 1 aliphatic rings. The molecule has 144 valence electrons. The molecule has 0 radical (unpaired) electrons. The molecular weight excluding hydrogens is 358 g/mol. The second kappa shape index (κ2) is 9.25. The quantitative estimate of drug-likeness (QED) is 0.802. The van der Waals surface area contributed by atoms with Crippen molar-refractivity contribution in [2.75, 3.05) is 42.9 Å². The van der Waals surface area contributed by atoms with Crippen molar-refractivity contribution < 1.29 is 4.79 Å². The monoisotopic (exact) mass is 385 g/mol. The van der Waals surface area contributed by atoms with Crippen LogP contribution in [0.3, 0.4) is 0 Å². The summed E-state index contributed by atoms with van der Waals surface area (Å²) in [6, 6.07) is 14.0. The third-order valence-electron chi connectivity index (χ3n) is 5.22. The highest BCUT2D eigenvalue weighted by Gasteiger charge is 2.16. The number of nitrogens with one attached hydrogen (secondary N) is 1. The zero-order chi connectivity index (χ0) is 19.2. The van der Waals surface area contributed by atoms with Crippen LogP contribution in [-0.2, 0) is 11.2 Å². The first-order valence-corrected chi connectivity index (χ1v) is 10.0. The number of aryl methyl sites for hydroxylation is 2. The second-order valence-corrected chi connectivity index (χ2v) is 7.53. The molecule has 0 bridgehead atoms. The minimum absolute atomic E-state index is 0.0392. The zero-order valence-electron chi connectivity index (χ0n) is 16.2. The Morgan fingerprint density at radius 2 is 1.78 bits per heavy atom. The summed E-state index contributed by atoms with van der Waals surface area (Å²) in [5, 5.41) is 3.76. The zero-order valence-corrected chi connectivity index (χ0v) is 16.9. The fraction of sp³-hybridized carbons (Fsp3) is 0.409. The highest BCUT2D eigenvalue weighted by molar-refractivity contribution is 6.30. The lowest BCUT2D eigenvalue weighted by Crippen LogP contribution is -2.46. The molecule has 27 heavy (non-hydrogen) atoms. The summed E-state index contributed by atoms with van der Waals surface area (Å²) in [6.45, 7) is 9.72. The molecule has 3 rings (SSSR count). The Bertz CT molecular complexity index is 768. The Kier molecular flexibility index (Phi) is 6.75. The summed E-state index contributed by atoms with van der Waals surface area (Å²) < 4.78 is 0. The molecular formula is C22H28ClN3O. The Morgan fingerprint density at radius 3 is 2.41 bits per heavy atom. The van der Waals surface area contributed by atoms with Gasteiger partial charge in [-0.1, -0.05) is 30.7 Å². The third kappa shape index (κ3) is 5.47. The molecule has 1 N–H and O–H groups in total. The standard InChI is InChI=1S/C22H28ClN3O/c1-3-25-12-14-26(15-13-25)20-9-10-21(17(2)16-20)24-22(27)11-6-18-4-7-19(23)8-5-18/h4-5,7-10,16H,3,6,11-15H2,1-2H3,(H,24,27). The van der Waals surface area contributed by atoms with Crippen LogP contribution in [0.25, 0.3) is 0 Å². The molecule has 0 spiro atoms. The molecule has 1 amide bonds. The van der Waals surface area contributed by atoms with Crippen LogP contribution in [0.4, 0.5) is 11.4 Å². The van der Waals surface area contributed by atoms with Crippen molar-refractivity contribution >= 4 is 28.9 Å². The topological polar surface area (TPSA) is 35.6 Å². The molecule has 1 saturated heterocycles. The molecule has 1 heterocycles. The largest absolute Gasteiger partial charge is 0.369 e. The summed E-state index contributed by atoms with van der Waals surface area (Å²) >= 11 is 5.90. The van der Waals surface area contributed by atoms with Gasteiger partial charge >= 0.3 is 0 Å². The Balaban J connectivity index is 1.54. The number of benzene rings is 2. The van der Waals surface area contributed by atoms with Crippen molar-refractivity contribution in [3.63, 3.8) is 0 Å². The average Bonchev–Trinajstić information content (AvgIpc) is 2.69. The van der Waals surface area contributed by atoms with E-state index >= 15 is 0 Å². The van der Waals surface area contributed by atoms with Crippen LogP contribution in [0.5, 0.6) is 0 Å². The molecule has 0 saturated carbocycles. The fourth-order valence-electron chi connectivity index (χ4n) is 3.43. The van der Waals surface area contributed by atoms with E-state index in [-0.39, 0.29) is 5.91 Å². The van der Waals surface area contributed by atoms with Crippen molar-refractivity contribution in [2.45, 2.75) is 26.7 Å². The summed E-state index contributed by atoms with van der Waals surface area (Å²) in [7, 11) is 0. The van der Waals surface area contributed by atoms with Crippen LogP contribution in [0.2, 0.25) is 5.02 Å². The number of amides is 1. The molecule has 5 heteroatoms. The number of anilines is 2. The lowest BCUT2D eigenvalue weighted by molar-refractivity contribution is -0.116. The lowest BCUT2D eigenvalue weighted by Gasteiger charge is -2.35. The van der Waals surface area contributed by atoms with Gasteiger partial charge < -0.3 is 15.1 Å². The fourth-order valence-corrected chi connectivity index (χ4v) is 3.55. The highest BCUT2D eigenvalue weighted by atomic mass is 35.5. The highest BCUT2D eigenvalue weighted by Crippen LogP contribution is 2.24. The SMILES string of the molecule is CCN1CCN(c2ccc(NC(=O)CCc3ccc(Cl)cc3)c(C)c2)CC1. The van der Waals surface area contributed by atoms with Crippen molar-refractivity contribution in [1.29, 1.82) is 0 Å². The number of likely N-dealkylation sites (N-methyl/N-ethyl adjacent to an activating group) is 1. The smallest absolute Gasteiger partial charge is 0.224 e. The van der Waals surface area contributed by atoms with Crippen LogP contribution >= 0.6 is 11.6 Å². The van der Waals surface area contributed by atoms with Gasteiger partial charge in [0.05, 0.1) is 0 Å². The number of carbonyl (C=O) groups excluding carboxylic acids is 1.